The Bertz CT molecular complexity index is 194. The summed E-state index contributed by atoms with van der Waals surface area (Å²) in [6.07, 6.45) is 6.33. The van der Waals surface area contributed by atoms with Gasteiger partial charge >= 0.3 is 0 Å². The first-order chi connectivity index (χ1) is 7.54. The molecule has 1 aliphatic heterocycles. The van der Waals surface area contributed by atoms with Gasteiger partial charge in [0.25, 0.3) is 0 Å². The first-order valence-electron chi connectivity index (χ1n) is 5.09. The lowest BCUT2D eigenvalue weighted by Crippen LogP contribution is -2.21. The Balaban J connectivity index is 0. The molecule has 0 bridgehead atoms. The second-order valence-electron chi connectivity index (χ2n) is 3.02. The van der Waals surface area contributed by atoms with E-state index < -0.39 is 11.8 Å². The first kappa shape index (κ1) is 16.8. The number of carbonyl (C=O) groups excluding carboxylic acids is 2. The summed E-state index contributed by atoms with van der Waals surface area (Å²) in [5.41, 5.74) is 9.07. The van der Waals surface area contributed by atoms with Crippen molar-refractivity contribution in [3.05, 3.63) is 25.3 Å². The Labute approximate surface area is 96.6 Å². The monoisotopic (exact) mass is 227 g/mol. The van der Waals surface area contributed by atoms with E-state index >= 15 is 0 Å². The molecule has 16 heavy (non-hydrogen) atoms. The summed E-state index contributed by atoms with van der Waals surface area (Å²) < 4.78 is 0. The van der Waals surface area contributed by atoms with Crippen molar-refractivity contribution in [3.63, 3.8) is 0 Å². The van der Waals surface area contributed by atoms with E-state index in [2.05, 4.69) is 29.9 Å². The van der Waals surface area contributed by atoms with Gasteiger partial charge in [-0.3, -0.25) is 9.59 Å². The molecule has 0 saturated carbocycles. The van der Waals surface area contributed by atoms with Gasteiger partial charge in [0.2, 0.25) is 11.8 Å². The molecular formula is C11H21N3O2. The number of primary amides is 2. The summed E-state index contributed by atoms with van der Waals surface area (Å²) in [6.45, 7) is 8.67. The number of nitrogens with two attached hydrogens (primary N) is 2. The van der Waals surface area contributed by atoms with Crippen LogP contribution in [-0.2, 0) is 9.59 Å². The zero-order valence-electron chi connectivity index (χ0n) is 9.58. The van der Waals surface area contributed by atoms with Gasteiger partial charge in [-0.05, 0) is 38.1 Å². The molecule has 0 atom stereocenters. The zero-order valence-corrected chi connectivity index (χ0v) is 9.58. The maximum Gasteiger partial charge on any atom is 0.240 e. The molecule has 1 aliphatic rings. The highest BCUT2D eigenvalue weighted by molar-refractivity contribution is 5.85. The van der Waals surface area contributed by atoms with Crippen LogP contribution in [0.2, 0.25) is 0 Å². The normalized spacial score (nSPS) is 13.0. The predicted molar refractivity (Wildman–Crippen MR) is 65.5 cm³/mol. The molecule has 92 valence electrons. The second-order valence-corrected chi connectivity index (χ2v) is 3.02. The number of rotatable bonds is 2. The van der Waals surface area contributed by atoms with Gasteiger partial charge in [-0.15, -0.1) is 0 Å². The molecule has 0 unspecified atom stereocenters. The van der Waals surface area contributed by atoms with Gasteiger partial charge < -0.3 is 16.8 Å². The maximum absolute atomic E-state index is 9.47. The molecule has 5 nitrogen and oxygen atoms in total. The number of hydrogen-bond donors (Lipinski definition) is 3. The van der Waals surface area contributed by atoms with Crippen molar-refractivity contribution in [1.82, 2.24) is 5.32 Å². The Morgan fingerprint density at radius 3 is 1.31 bits per heavy atom. The van der Waals surface area contributed by atoms with Crippen molar-refractivity contribution in [3.8, 4) is 0 Å². The fourth-order valence-corrected chi connectivity index (χ4v) is 0.802. The van der Waals surface area contributed by atoms with Gasteiger partial charge in [0.15, 0.2) is 0 Å². The van der Waals surface area contributed by atoms with E-state index in [0.29, 0.717) is 0 Å². The molecule has 0 spiro atoms. The standard InChI is InChI=1S/C5H11N.2C3H5NO/c1-2-4-6-5-3-1;2*1-2-3(4)5/h6H,1-5H2;2*2H,1H2,(H2,4,5). The molecule has 2 amide bonds. The van der Waals surface area contributed by atoms with Crippen LogP contribution >= 0.6 is 0 Å². The van der Waals surface area contributed by atoms with Crippen molar-refractivity contribution >= 4 is 11.8 Å². The fraction of sp³-hybridized carbons (Fsp3) is 0.455. The Kier molecular flexibility index (Phi) is 14.0. The van der Waals surface area contributed by atoms with Crippen LogP contribution in [0.4, 0.5) is 0 Å². The molecule has 0 aromatic heterocycles. The molecule has 0 aliphatic carbocycles. The molecule has 1 rings (SSSR count). The molecule has 5 heteroatoms. The van der Waals surface area contributed by atoms with Crippen LogP contribution in [-0.4, -0.2) is 24.9 Å². The minimum Gasteiger partial charge on any atom is -0.366 e. The van der Waals surface area contributed by atoms with E-state index in [1.54, 1.807) is 0 Å². The zero-order chi connectivity index (χ0) is 12.8. The highest BCUT2D eigenvalue weighted by Gasteiger charge is 1.93. The second kappa shape index (κ2) is 13.4. The predicted octanol–water partition coefficient (Wildman–Crippen LogP) is 0.0753. The van der Waals surface area contributed by atoms with Crippen LogP contribution in [0.1, 0.15) is 19.3 Å². The Morgan fingerprint density at radius 2 is 1.25 bits per heavy atom. The average Bonchev–Trinajstić information content (AvgIpc) is 2.32. The third-order valence-corrected chi connectivity index (χ3v) is 1.61. The fourth-order valence-electron chi connectivity index (χ4n) is 0.802. The van der Waals surface area contributed by atoms with Gasteiger partial charge in [-0.25, -0.2) is 0 Å². The minimum atomic E-state index is -0.481. The highest BCUT2D eigenvalue weighted by atomic mass is 16.1. The van der Waals surface area contributed by atoms with E-state index in [0.717, 1.165) is 12.2 Å². The molecule has 0 radical (unpaired) electrons. The smallest absolute Gasteiger partial charge is 0.240 e. The van der Waals surface area contributed by atoms with Crippen LogP contribution in [0.15, 0.2) is 25.3 Å². The van der Waals surface area contributed by atoms with E-state index in [1.165, 1.54) is 32.4 Å². The van der Waals surface area contributed by atoms with E-state index in [9.17, 15) is 9.59 Å². The highest BCUT2D eigenvalue weighted by Crippen LogP contribution is 1.96. The van der Waals surface area contributed by atoms with Gasteiger partial charge in [-0.2, -0.15) is 0 Å². The lowest BCUT2D eigenvalue weighted by Gasteiger charge is -2.08. The van der Waals surface area contributed by atoms with Crippen molar-refractivity contribution in [1.29, 1.82) is 0 Å². The van der Waals surface area contributed by atoms with Gasteiger partial charge in [0.05, 0.1) is 0 Å². The summed E-state index contributed by atoms with van der Waals surface area (Å²) in [5.74, 6) is -0.963. The number of hydrogen-bond acceptors (Lipinski definition) is 3. The third kappa shape index (κ3) is 22.8. The molecule has 0 aromatic rings. The van der Waals surface area contributed by atoms with Gasteiger partial charge in [0.1, 0.15) is 0 Å². The molecule has 0 aromatic carbocycles. The van der Waals surface area contributed by atoms with Crippen LogP contribution in [0, 0.1) is 0 Å². The van der Waals surface area contributed by atoms with Crippen LogP contribution in [0.5, 0.6) is 0 Å². The molecular weight excluding hydrogens is 206 g/mol. The molecule has 5 N–H and O–H groups in total. The minimum absolute atomic E-state index is 0.481. The summed E-state index contributed by atoms with van der Waals surface area (Å²) in [7, 11) is 0. The van der Waals surface area contributed by atoms with E-state index in [-0.39, 0.29) is 0 Å². The lowest BCUT2D eigenvalue weighted by atomic mass is 10.2. The van der Waals surface area contributed by atoms with Crippen molar-refractivity contribution in [2.75, 3.05) is 13.1 Å². The summed E-state index contributed by atoms with van der Waals surface area (Å²) in [5, 5.41) is 3.28. The molecule has 1 saturated heterocycles. The van der Waals surface area contributed by atoms with Crippen LogP contribution < -0.4 is 16.8 Å². The number of nitrogens with one attached hydrogen (secondary N) is 1. The molecule has 1 fully saturated rings. The van der Waals surface area contributed by atoms with E-state index in [4.69, 9.17) is 0 Å². The van der Waals surface area contributed by atoms with Crippen LogP contribution in [0.25, 0.3) is 0 Å². The Morgan fingerprint density at radius 1 is 0.938 bits per heavy atom. The number of carbonyl (C=O) groups is 2. The largest absolute Gasteiger partial charge is 0.366 e. The quantitative estimate of drug-likeness (QED) is 0.582. The summed E-state index contributed by atoms with van der Waals surface area (Å²) in [4.78, 5) is 18.9. The third-order valence-electron chi connectivity index (χ3n) is 1.61. The Hall–Kier alpha value is -1.62. The van der Waals surface area contributed by atoms with E-state index in [1.807, 2.05) is 0 Å². The topological polar surface area (TPSA) is 98.2 Å². The van der Waals surface area contributed by atoms with Crippen molar-refractivity contribution < 1.29 is 9.59 Å². The van der Waals surface area contributed by atoms with Crippen molar-refractivity contribution in [2.45, 2.75) is 19.3 Å². The first-order valence-corrected chi connectivity index (χ1v) is 5.09. The number of piperidine rings is 1. The lowest BCUT2D eigenvalue weighted by molar-refractivity contribution is -0.114. The maximum atomic E-state index is 9.47. The summed E-state index contributed by atoms with van der Waals surface area (Å²) in [6, 6.07) is 0. The van der Waals surface area contributed by atoms with Crippen LogP contribution in [0.3, 0.4) is 0 Å². The molecule has 1 heterocycles. The number of amides is 2. The van der Waals surface area contributed by atoms with Crippen molar-refractivity contribution in [2.24, 2.45) is 11.5 Å². The SMILES string of the molecule is C1CCNCC1.C=CC(N)=O.C=CC(N)=O. The van der Waals surface area contributed by atoms with Gasteiger partial charge in [0, 0.05) is 0 Å². The van der Waals surface area contributed by atoms with Gasteiger partial charge in [-0.1, -0.05) is 19.6 Å². The summed E-state index contributed by atoms with van der Waals surface area (Å²) >= 11 is 0. The average molecular weight is 227 g/mol.